The third-order valence-electron chi connectivity index (χ3n) is 2.72. The average molecular weight is 393 g/mol. The number of halogens is 4. The Morgan fingerprint density at radius 1 is 1.37 bits per heavy atom. The molecule has 0 saturated heterocycles. The number of rotatable bonds is 6. The molecule has 0 spiro atoms. The molecule has 0 unspecified atom stereocenters. The van der Waals surface area contributed by atoms with Gasteiger partial charge < -0.3 is 0 Å². The van der Waals surface area contributed by atoms with Crippen LogP contribution in [0.1, 0.15) is 13.3 Å². The van der Waals surface area contributed by atoms with E-state index >= 15 is 0 Å². The lowest BCUT2D eigenvalue weighted by atomic mass is 10.0. The minimum Gasteiger partial charge on any atom is -0.207 e. The van der Waals surface area contributed by atoms with Crippen LogP contribution in [0.5, 0.6) is 0 Å². The van der Waals surface area contributed by atoms with Crippen molar-refractivity contribution in [3.05, 3.63) is 28.5 Å². The molecule has 0 aromatic heterocycles. The molecule has 3 nitrogen and oxygen atoms in total. The van der Waals surface area contributed by atoms with Crippen molar-refractivity contribution >= 4 is 49.2 Å². The summed E-state index contributed by atoms with van der Waals surface area (Å²) in [6.45, 7) is 1.76. The Morgan fingerprint density at radius 2 is 1.95 bits per heavy atom. The molecular formula is C11H13BrCl2FNO2S. The quantitative estimate of drug-likeness (QED) is 0.753. The SMILES string of the molecule is CCC(CCl)(CCl)NS(=O)(=O)c1ccc(Br)cc1F. The highest BCUT2D eigenvalue weighted by molar-refractivity contribution is 9.10. The molecule has 0 aliphatic rings. The molecule has 0 radical (unpaired) electrons. The van der Waals surface area contributed by atoms with Crippen LogP contribution in [-0.2, 0) is 10.0 Å². The van der Waals surface area contributed by atoms with Crippen LogP contribution in [0, 0.1) is 5.82 Å². The van der Waals surface area contributed by atoms with Crippen molar-refractivity contribution in [1.82, 2.24) is 4.72 Å². The van der Waals surface area contributed by atoms with E-state index in [0.717, 1.165) is 6.07 Å². The first kappa shape index (κ1) is 17.2. The molecule has 0 atom stereocenters. The zero-order chi connectivity index (χ0) is 14.7. The lowest BCUT2D eigenvalue weighted by Crippen LogP contribution is -2.51. The molecule has 19 heavy (non-hydrogen) atoms. The number of nitrogens with one attached hydrogen (secondary N) is 1. The topological polar surface area (TPSA) is 46.2 Å². The predicted molar refractivity (Wildman–Crippen MR) is 78.9 cm³/mol. The van der Waals surface area contributed by atoms with E-state index in [1.54, 1.807) is 6.92 Å². The highest BCUT2D eigenvalue weighted by Gasteiger charge is 2.33. The van der Waals surface area contributed by atoms with Crippen LogP contribution in [0.25, 0.3) is 0 Å². The monoisotopic (exact) mass is 391 g/mol. The average Bonchev–Trinajstić information content (AvgIpc) is 2.35. The van der Waals surface area contributed by atoms with Crippen LogP contribution < -0.4 is 4.72 Å². The fourth-order valence-corrected chi connectivity index (χ4v) is 4.21. The number of alkyl halides is 2. The van der Waals surface area contributed by atoms with E-state index in [2.05, 4.69) is 20.7 Å². The van der Waals surface area contributed by atoms with Crippen molar-refractivity contribution in [3.8, 4) is 0 Å². The first-order valence-electron chi connectivity index (χ1n) is 5.41. The number of benzene rings is 1. The summed E-state index contributed by atoms with van der Waals surface area (Å²) < 4.78 is 40.9. The van der Waals surface area contributed by atoms with E-state index in [4.69, 9.17) is 23.2 Å². The molecule has 1 N–H and O–H groups in total. The Kier molecular flexibility index (Phi) is 6.07. The number of sulfonamides is 1. The van der Waals surface area contributed by atoms with Crippen molar-refractivity contribution < 1.29 is 12.8 Å². The Bertz CT molecular complexity index is 541. The normalized spacial score (nSPS) is 12.7. The second kappa shape index (κ2) is 6.72. The largest absolute Gasteiger partial charge is 0.244 e. The lowest BCUT2D eigenvalue weighted by molar-refractivity contribution is 0.447. The molecule has 0 fully saturated rings. The van der Waals surface area contributed by atoms with Gasteiger partial charge in [-0.15, -0.1) is 23.2 Å². The van der Waals surface area contributed by atoms with E-state index in [9.17, 15) is 12.8 Å². The van der Waals surface area contributed by atoms with Crippen LogP contribution in [-0.4, -0.2) is 25.7 Å². The molecule has 1 aromatic rings. The van der Waals surface area contributed by atoms with Gasteiger partial charge in [0.05, 0.1) is 5.54 Å². The van der Waals surface area contributed by atoms with Crippen LogP contribution in [0.4, 0.5) is 4.39 Å². The summed E-state index contributed by atoms with van der Waals surface area (Å²) in [5, 5.41) is 0. The minimum atomic E-state index is -4.02. The fraction of sp³-hybridized carbons (Fsp3) is 0.455. The van der Waals surface area contributed by atoms with Crippen molar-refractivity contribution in [2.45, 2.75) is 23.8 Å². The molecular weight excluding hydrogens is 380 g/mol. The summed E-state index contributed by atoms with van der Waals surface area (Å²) in [6.07, 6.45) is 0.400. The highest BCUT2D eigenvalue weighted by atomic mass is 79.9. The van der Waals surface area contributed by atoms with Gasteiger partial charge in [-0.3, -0.25) is 0 Å². The summed E-state index contributed by atoms with van der Waals surface area (Å²) >= 11 is 14.6. The molecule has 8 heteroatoms. The highest BCUT2D eigenvalue weighted by Crippen LogP contribution is 2.23. The minimum absolute atomic E-state index is 0.00434. The van der Waals surface area contributed by atoms with Crippen LogP contribution in [0.2, 0.25) is 0 Å². The number of hydrogen-bond donors (Lipinski definition) is 1. The smallest absolute Gasteiger partial charge is 0.207 e. The second-order valence-electron chi connectivity index (χ2n) is 4.08. The zero-order valence-electron chi connectivity index (χ0n) is 10.1. The number of hydrogen-bond acceptors (Lipinski definition) is 2. The third kappa shape index (κ3) is 4.04. The fourth-order valence-electron chi connectivity index (χ4n) is 1.38. The second-order valence-corrected chi connectivity index (χ2v) is 7.18. The van der Waals surface area contributed by atoms with E-state index in [0.29, 0.717) is 10.9 Å². The van der Waals surface area contributed by atoms with Gasteiger partial charge in [-0.05, 0) is 24.6 Å². The summed E-state index contributed by atoms with van der Waals surface area (Å²) in [7, 11) is -4.02. The molecule has 0 aliphatic carbocycles. The van der Waals surface area contributed by atoms with Crippen molar-refractivity contribution in [2.24, 2.45) is 0 Å². The van der Waals surface area contributed by atoms with Gasteiger partial charge in [0.1, 0.15) is 10.7 Å². The maximum Gasteiger partial charge on any atom is 0.244 e. The van der Waals surface area contributed by atoms with Gasteiger partial charge >= 0.3 is 0 Å². The van der Waals surface area contributed by atoms with Crippen molar-refractivity contribution in [1.29, 1.82) is 0 Å². The Hall–Kier alpha value is 0.120. The summed E-state index contributed by atoms with van der Waals surface area (Å²) in [6, 6.07) is 3.72. The van der Waals surface area contributed by atoms with Gasteiger partial charge in [0.25, 0.3) is 0 Å². The third-order valence-corrected chi connectivity index (χ3v) is 5.85. The van der Waals surface area contributed by atoms with Gasteiger partial charge in [0.15, 0.2) is 0 Å². The van der Waals surface area contributed by atoms with Gasteiger partial charge in [-0.2, -0.15) is 0 Å². The van der Waals surface area contributed by atoms with Gasteiger partial charge in [-0.1, -0.05) is 22.9 Å². The lowest BCUT2D eigenvalue weighted by Gasteiger charge is -2.29. The Balaban J connectivity index is 3.17. The standard InChI is InChI=1S/C11H13BrCl2FNO2S/c1-2-11(6-13,7-14)16-19(17,18)10-4-3-8(12)5-9(10)15/h3-5,16H,2,6-7H2,1H3. The first-order chi connectivity index (χ1) is 8.80. The predicted octanol–water partition coefficient (Wildman–Crippen LogP) is 3.49. The molecule has 0 amide bonds. The van der Waals surface area contributed by atoms with Crippen LogP contribution >= 0.6 is 39.1 Å². The maximum atomic E-state index is 13.7. The molecule has 0 bridgehead atoms. The zero-order valence-corrected chi connectivity index (χ0v) is 14.0. The van der Waals surface area contributed by atoms with E-state index in [1.807, 2.05) is 0 Å². The molecule has 0 saturated carbocycles. The van der Waals surface area contributed by atoms with E-state index < -0.39 is 26.3 Å². The van der Waals surface area contributed by atoms with Crippen LogP contribution in [0.15, 0.2) is 27.6 Å². The van der Waals surface area contributed by atoms with Crippen molar-refractivity contribution in [3.63, 3.8) is 0 Å². The molecule has 1 aromatic carbocycles. The van der Waals surface area contributed by atoms with Crippen molar-refractivity contribution in [2.75, 3.05) is 11.8 Å². The van der Waals surface area contributed by atoms with E-state index in [-0.39, 0.29) is 11.8 Å². The van der Waals surface area contributed by atoms with Gasteiger partial charge in [0.2, 0.25) is 10.0 Å². The Labute approximate surface area is 130 Å². The molecule has 108 valence electrons. The van der Waals surface area contributed by atoms with Gasteiger partial charge in [-0.25, -0.2) is 17.5 Å². The maximum absolute atomic E-state index is 13.7. The summed E-state index contributed by atoms with van der Waals surface area (Å²) in [4.78, 5) is -0.427. The molecule has 0 aliphatic heterocycles. The summed E-state index contributed by atoms with van der Waals surface area (Å²) in [5.74, 6) is -0.828. The first-order valence-corrected chi connectivity index (χ1v) is 8.76. The van der Waals surface area contributed by atoms with Gasteiger partial charge in [0, 0.05) is 16.2 Å². The van der Waals surface area contributed by atoms with E-state index in [1.165, 1.54) is 12.1 Å². The molecule has 1 rings (SSSR count). The summed E-state index contributed by atoms with van der Waals surface area (Å²) in [5.41, 5.74) is -0.985. The van der Waals surface area contributed by atoms with Crippen LogP contribution in [0.3, 0.4) is 0 Å². The molecule has 0 heterocycles. The Morgan fingerprint density at radius 3 is 2.37 bits per heavy atom.